The molecule has 84 valence electrons. The first-order valence-electron chi connectivity index (χ1n) is 4.80. The third-order valence-electron chi connectivity index (χ3n) is 2.29. The number of nitrogens with zero attached hydrogens (tertiary/aromatic N) is 2. The number of fused-ring (bicyclic) bond motifs is 1. The molecule has 0 aromatic carbocycles. The van der Waals surface area contributed by atoms with Crippen molar-refractivity contribution >= 4 is 22.8 Å². The number of hydrogen-bond donors (Lipinski definition) is 2. The second-order valence-corrected chi connectivity index (χ2v) is 3.51. The Hall–Kier alpha value is -2.11. The predicted molar refractivity (Wildman–Crippen MR) is 57.3 cm³/mol. The predicted octanol–water partition coefficient (Wildman–Crippen LogP) is 1.42. The Morgan fingerprint density at radius 1 is 1.62 bits per heavy atom. The van der Waals surface area contributed by atoms with Gasteiger partial charge in [0.05, 0.1) is 16.8 Å². The molecule has 2 N–H and O–H groups in total. The van der Waals surface area contributed by atoms with Gasteiger partial charge in [-0.3, -0.25) is 4.79 Å². The molecule has 0 amide bonds. The molecule has 16 heavy (non-hydrogen) atoms. The summed E-state index contributed by atoms with van der Waals surface area (Å²) in [7, 11) is 0. The zero-order valence-corrected chi connectivity index (χ0v) is 8.89. The van der Waals surface area contributed by atoms with Crippen molar-refractivity contribution in [2.24, 2.45) is 0 Å². The summed E-state index contributed by atoms with van der Waals surface area (Å²) in [5.74, 6) is -0.918. The normalized spacial score (nSPS) is 12.6. The topological polar surface area (TPSA) is 88.3 Å². The van der Waals surface area contributed by atoms with Crippen LogP contribution in [0.3, 0.4) is 0 Å². The fourth-order valence-electron chi connectivity index (χ4n) is 1.43. The average molecular weight is 221 g/mol. The van der Waals surface area contributed by atoms with Crippen molar-refractivity contribution in [3.8, 4) is 0 Å². The Balaban J connectivity index is 2.44. The van der Waals surface area contributed by atoms with Crippen molar-refractivity contribution in [3.63, 3.8) is 0 Å². The Kier molecular flexibility index (Phi) is 2.47. The molecule has 2 rings (SSSR count). The number of carbonyl (C=O) groups is 1. The lowest BCUT2D eigenvalue weighted by atomic mass is 10.2. The molecule has 0 aliphatic carbocycles. The van der Waals surface area contributed by atoms with Crippen molar-refractivity contribution < 1.29 is 14.4 Å². The summed E-state index contributed by atoms with van der Waals surface area (Å²) < 4.78 is 4.98. The van der Waals surface area contributed by atoms with Crippen LogP contribution in [-0.2, 0) is 4.79 Å². The molecule has 2 heterocycles. The highest BCUT2D eigenvalue weighted by atomic mass is 16.5. The van der Waals surface area contributed by atoms with E-state index >= 15 is 0 Å². The largest absolute Gasteiger partial charge is 0.480 e. The van der Waals surface area contributed by atoms with Gasteiger partial charge in [0, 0.05) is 6.20 Å². The molecule has 0 saturated carbocycles. The fourth-order valence-corrected chi connectivity index (χ4v) is 1.43. The minimum Gasteiger partial charge on any atom is -0.480 e. The van der Waals surface area contributed by atoms with Crippen molar-refractivity contribution in [2.75, 3.05) is 5.32 Å². The molecule has 1 atom stereocenters. The molecule has 0 radical (unpaired) electrons. The van der Waals surface area contributed by atoms with Crippen molar-refractivity contribution in [2.45, 2.75) is 19.9 Å². The van der Waals surface area contributed by atoms with Crippen molar-refractivity contribution in [1.29, 1.82) is 0 Å². The van der Waals surface area contributed by atoms with Gasteiger partial charge in [-0.2, -0.15) is 0 Å². The van der Waals surface area contributed by atoms with E-state index in [9.17, 15) is 4.79 Å². The van der Waals surface area contributed by atoms with Gasteiger partial charge in [-0.15, -0.1) is 0 Å². The number of aromatic nitrogens is 2. The second kappa shape index (κ2) is 3.80. The number of aryl methyl sites for hydroxylation is 1. The maximum Gasteiger partial charge on any atom is 0.325 e. The van der Waals surface area contributed by atoms with Gasteiger partial charge in [0.1, 0.15) is 6.04 Å². The van der Waals surface area contributed by atoms with Gasteiger partial charge in [-0.1, -0.05) is 5.16 Å². The van der Waals surface area contributed by atoms with E-state index in [0.717, 1.165) is 5.39 Å². The molecular formula is C10H11N3O3. The molecule has 2 aromatic rings. The van der Waals surface area contributed by atoms with E-state index in [1.807, 2.05) is 0 Å². The zero-order valence-electron chi connectivity index (χ0n) is 8.89. The highest BCUT2D eigenvalue weighted by Gasteiger charge is 2.15. The summed E-state index contributed by atoms with van der Waals surface area (Å²) in [6.45, 7) is 3.35. The SMILES string of the molecule is Cc1noc2nccc(NC(C)C(=O)O)c12. The van der Waals surface area contributed by atoms with Crippen LogP contribution in [0.15, 0.2) is 16.8 Å². The minimum atomic E-state index is -0.918. The molecule has 0 spiro atoms. The highest BCUT2D eigenvalue weighted by Crippen LogP contribution is 2.24. The standard InChI is InChI=1S/C10H11N3O3/c1-5-8-7(12-6(2)10(14)15)3-4-11-9(8)16-13-5/h3-4,6H,1-2H3,(H,11,12)(H,14,15). The van der Waals surface area contributed by atoms with Crippen molar-refractivity contribution in [1.82, 2.24) is 10.1 Å². The first-order valence-corrected chi connectivity index (χ1v) is 4.80. The van der Waals surface area contributed by atoms with Crippen LogP contribution in [0.5, 0.6) is 0 Å². The van der Waals surface area contributed by atoms with Crippen LogP contribution in [0.25, 0.3) is 11.1 Å². The van der Waals surface area contributed by atoms with E-state index < -0.39 is 12.0 Å². The summed E-state index contributed by atoms with van der Waals surface area (Å²) in [5.41, 5.74) is 1.75. The Labute approximate surface area is 91.3 Å². The monoisotopic (exact) mass is 221 g/mol. The average Bonchev–Trinajstić information content (AvgIpc) is 2.61. The number of pyridine rings is 1. The third-order valence-corrected chi connectivity index (χ3v) is 2.29. The number of nitrogens with one attached hydrogen (secondary N) is 1. The van der Waals surface area contributed by atoms with Gasteiger partial charge in [-0.25, -0.2) is 4.98 Å². The van der Waals surface area contributed by atoms with E-state index in [1.165, 1.54) is 0 Å². The van der Waals surface area contributed by atoms with E-state index in [0.29, 0.717) is 17.1 Å². The molecule has 2 aromatic heterocycles. The molecule has 0 saturated heterocycles. The summed E-state index contributed by atoms with van der Waals surface area (Å²) >= 11 is 0. The quantitative estimate of drug-likeness (QED) is 0.814. The lowest BCUT2D eigenvalue weighted by Gasteiger charge is -2.10. The molecule has 0 fully saturated rings. The lowest BCUT2D eigenvalue weighted by Crippen LogP contribution is -2.25. The Bertz CT molecular complexity index is 535. The summed E-state index contributed by atoms with van der Waals surface area (Å²) in [5, 5.41) is 16.2. The molecule has 6 heteroatoms. The van der Waals surface area contributed by atoms with E-state index in [1.54, 1.807) is 26.1 Å². The van der Waals surface area contributed by atoms with Gasteiger partial charge in [0.2, 0.25) is 0 Å². The van der Waals surface area contributed by atoms with Crippen LogP contribution in [0.2, 0.25) is 0 Å². The van der Waals surface area contributed by atoms with Gasteiger partial charge >= 0.3 is 5.97 Å². The zero-order chi connectivity index (χ0) is 11.7. The summed E-state index contributed by atoms with van der Waals surface area (Å²) in [6, 6.07) is 1.02. The summed E-state index contributed by atoms with van der Waals surface area (Å²) in [4.78, 5) is 14.7. The maximum absolute atomic E-state index is 10.7. The molecule has 6 nitrogen and oxygen atoms in total. The third kappa shape index (κ3) is 1.69. The van der Waals surface area contributed by atoms with Crippen LogP contribution < -0.4 is 5.32 Å². The first-order chi connectivity index (χ1) is 7.59. The number of hydrogen-bond acceptors (Lipinski definition) is 5. The Morgan fingerprint density at radius 2 is 2.38 bits per heavy atom. The molecular weight excluding hydrogens is 210 g/mol. The second-order valence-electron chi connectivity index (χ2n) is 3.51. The van der Waals surface area contributed by atoms with E-state index in [2.05, 4.69) is 15.5 Å². The molecule has 1 unspecified atom stereocenters. The number of carboxylic acid groups (broad SMARTS) is 1. The van der Waals surface area contributed by atoms with Gasteiger partial charge in [-0.05, 0) is 19.9 Å². The first kappa shape index (κ1) is 10.4. The van der Waals surface area contributed by atoms with E-state index in [-0.39, 0.29) is 0 Å². The number of carboxylic acids is 1. The highest BCUT2D eigenvalue weighted by molar-refractivity contribution is 5.91. The maximum atomic E-state index is 10.7. The van der Waals surface area contributed by atoms with Gasteiger partial charge in [0.25, 0.3) is 5.71 Å². The summed E-state index contributed by atoms with van der Waals surface area (Å²) in [6.07, 6.45) is 1.55. The van der Waals surface area contributed by atoms with E-state index in [4.69, 9.17) is 9.63 Å². The van der Waals surface area contributed by atoms with Gasteiger partial charge < -0.3 is 14.9 Å². The number of anilines is 1. The van der Waals surface area contributed by atoms with Crippen LogP contribution in [0.4, 0.5) is 5.69 Å². The van der Waals surface area contributed by atoms with Crippen LogP contribution in [0, 0.1) is 6.92 Å². The van der Waals surface area contributed by atoms with Crippen LogP contribution in [0.1, 0.15) is 12.6 Å². The lowest BCUT2D eigenvalue weighted by molar-refractivity contribution is -0.137. The minimum absolute atomic E-state index is 0.403. The fraction of sp³-hybridized carbons (Fsp3) is 0.300. The molecule has 0 bridgehead atoms. The number of aliphatic carboxylic acids is 1. The Morgan fingerprint density at radius 3 is 3.06 bits per heavy atom. The molecule has 0 aliphatic rings. The number of rotatable bonds is 3. The smallest absolute Gasteiger partial charge is 0.325 e. The van der Waals surface area contributed by atoms with Gasteiger partial charge in [0.15, 0.2) is 0 Å². The molecule has 0 aliphatic heterocycles. The van der Waals surface area contributed by atoms with Crippen LogP contribution >= 0.6 is 0 Å². The van der Waals surface area contributed by atoms with Crippen LogP contribution in [-0.4, -0.2) is 27.3 Å². The van der Waals surface area contributed by atoms with Crippen molar-refractivity contribution in [3.05, 3.63) is 18.0 Å².